The van der Waals surface area contributed by atoms with Crippen LogP contribution in [0.25, 0.3) is 0 Å². The number of thiocarbonyl (C=S) groups is 1. The molecule has 4 heteroatoms. The molecule has 2 rings (SSSR count). The van der Waals surface area contributed by atoms with Crippen molar-refractivity contribution in [2.75, 3.05) is 6.54 Å². The second-order valence-electron chi connectivity index (χ2n) is 3.69. The van der Waals surface area contributed by atoms with Crippen molar-refractivity contribution < 1.29 is 4.79 Å². The summed E-state index contributed by atoms with van der Waals surface area (Å²) in [5.74, 6) is 0.424. The Hall–Kier alpha value is -0.640. The Bertz CT molecular complexity index is 254. The van der Waals surface area contributed by atoms with Crippen molar-refractivity contribution in [3.05, 3.63) is 0 Å². The molecule has 1 N–H and O–H groups in total. The summed E-state index contributed by atoms with van der Waals surface area (Å²) in [5, 5.41) is 2.77. The number of carbonyl (C=O) groups excluding carboxylic acids is 1. The Morgan fingerprint density at radius 3 is 3.08 bits per heavy atom. The molecule has 13 heavy (non-hydrogen) atoms. The highest BCUT2D eigenvalue weighted by molar-refractivity contribution is 7.80. The maximum absolute atomic E-state index is 11.5. The first-order chi connectivity index (χ1) is 6.24. The van der Waals surface area contributed by atoms with E-state index in [-0.39, 0.29) is 6.03 Å². The lowest BCUT2D eigenvalue weighted by atomic mass is 10.00. The van der Waals surface area contributed by atoms with Gasteiger partial charge in [0.25, 0.3) is 0 Å². The van der Waals surface area contributed by atoms with Crippen molar-refractivity contribution in [2.24, 2.45) is 5.92 Å². The maximum Gasteiger partial charge on any atom is 0.322 e. The van der Waals surface area contributed by atoms with Crippen LogP contribution in [0.5, 0.6) is 0 Å². The quantitative estimate of drug-likeness (QED) is 0.648. The number of carbonyl (C=O) groups is 1. The minimum Gasteiger partial charge on any atom is -0.321 e. The highest BCUT2D eigenvalue weighted by atomic mass is 32.1. The predicted octanol–water partition coefficient (Wildman–Crippen LogP) is 1.53. The molecule has 2 atom stereocenters. The fourth-order valence-electron chi connectivity index (χ4n) is 2.42. The summed E-state index contributed by atoms with van der Waals surface area (Å²) in [6.45, 7) is 2.80. The Morgan fingerprint density at radius 1 is 1.62 bits per heavy atom. The van der Waals surface area contributed by atoms with Gasteiger partial charge in [0.2, 0.25) is 0 Å². The van der Waals surface area contributed by atoms with Gasteiger partial charge in [0.15, 0.2) is 0 Å². The van der Waals surface area contributed by atoms with E-state index in [0.717, 1.165) is 24.4 Å². The molecular formula is C9H14N2OS. The van der Waals surface area contributed by atoms with E-state index in [0.29, 0.717) is 12.0 Å². The molecule has 1 aliphatic heterocycles. The van der Waals surface area contributed by atoms with E-state index in [1.165, 1.54) is 6.42 Å². The van der Waals surface area contributed by atoms with Gasteiger partial charge in [-0.2, -0.15) is 0 Å². The molecule has 1 aliphatic carbocycles. The number of amides is 2. The van der Waals surface area contributed by atoms with Crippen LogP contribution in [0.1, 0.15) is 26.2 Å². The molecule has 0 aromatic rings. The molecular weight excluding hydrogens is 184 g/mol. The van der Waals surface area contributed by atoms with Crippen LogP contribution in [0, 0.1) is 5.92 Å². The van der Waals surface area contributed by atoms with Gasteiger partial charge in [0.1, 0.15) is 0 Å². The van der Waals surface area contributed by atoms with Crippen molar-refractivity contribution in [1.82, 2.24) is 10.2 Å². The molecule has 2 unspecified atom stereocenters. The molecule has 2 fully saturated rings. The molecule has 0 aromatic heterocycles. The zero-order chi connectivity index (χ0) is 9.42. The second-order valence-corrected chi connectivity index (χ2v) is 4.12. The zero-order valence-corrected chi connectivity index (χ0v) is 8.56. The minimum atomic E-state index is -0.00403. The van der Waals surface area contributed by atoms with Crippen molar-refractivity contribution in [1.29, 1.82) is 0 Å². The Morgan fingerprint density at radius 2 is 2.38 bits per heavy atom. The number of hydrogen-bond donors (Lipinski definition) is 1. The number of fused-ring (bicyclic) bond motifs is 1. The average molecular weight is 198 g/mol. The summed E-state index contributed by atoms with van der Waals surface area (Å²) in [4.78, 5) is 14.2. The van der Waals surface area contributed by atoms with Gasteiger partial charge in [-0.05, 0) is 19.8 Å². The summed E-state index contributed by atoms with van der Waals surface area (Å²) in [6.07, 6.45) is 3.45. The standard InChI is InChI=1S/C9H14N2OS/c1-2-11-7-5-3-4-6(7)8(13)10-9(11)12/h6-7H,2-5H2,1H3,(H,10,12,13). The van der Waals surface area contributed by atoms with Gasteiger partial charge in [0, 0.05) is 18.5 Å². The summed E-state index contributed by atoms with van der Waals surface area (Å²) in [6, 6.07) is 0.377. The van der Waals surface area contributed by atoms with Crippen molar-refractivity contribution in [3.8, 4) is 0 Å². The first kappa shape index (κ1) is 8.94. The average Bonchev–Trinajstić information content (AvgIpc) is 2.53. The molecule has 1 heterocycles. The molecule has 3 nitrogen and oxygen atoms in total. The summed E-state index contributed by atoms with van der Waals surface area (Å²) >= 11 is 5.16. The largest absolute Gasteiger partial charge is 0.322 e. The van der Waals surface area contributed by atoms with Crippen LogP contribution in [0.2, 0.25) is 0 Å². The van der Waals surface area contributed by atoms with Gasteiger partial charge in [-0.1, -0.05) is 18.6 Å². The van der Waals surface area contributed by atoms with E-state index in [2.05, 4.69) is 5.32 Å². The van der Waals surface area contributed by atoms with Crippen LogP contribution in [-0.4, -0.2) is 28.5 Å². The highest BCUT2D eigenvalue weighted by Crippen LogP contribution is 2.33. The third kappa shape index (κ3) is 1.33. The Kier molecular flexibility index (Phi) is 2.24. The molecule has 72 valence electrons. The predicted molar refractivity (Wildman–Crippen MR) is 54.6 cm³/mol. The smallest absolute Gasteiger partial charge is 0.321 e. The lowest BCUT2D eigenvalue weighted by Crippen LogP contribution is -2.57. The molecule has 2 aliphatic rings. The van der Waals surface area contributed by atoms with Crippen molar-refractivity contribution in [3.63, 3.8) is 0 Å². The maximum atomic E-state index is 11.5. The summed E-state index contributed by atoms with van der Waals surface area (Å²) in [7, 11) is 0. The molecule has 0 bridgehead atoms. The third-order valence-corrected chi connectivity index (χ3v) is 3.45. The molecule has 1 saturated heterocycles. The van der Waals surface area contributed by atoms with Gasteiger partial charge >= 0.3 is 6.03 Å². The molecule has 0 aromatic carbocycles. The van der Waals surface area contributed by atoms with Crippen LogP contribution in [0.4, 0.5) is 4.79 Å². The fourth-order valence-corrected chi connectivity index (χ4v) is 2.78. The zero-order valence-electron chi connectivity index (χ0n) is 7.75. The van der Waals surface area contributed by atoms with E-state index in [9.17, 15) is 4.79 Å². The highest BCUT2D eigenvalue weighted by Gasteiger charge is 2.40. The number of nitrogens with one attached hydrogen (secondary N) is 1. The van der Waals surface area contributed by atoms with Crippen molar-refractivity contribution >= 4 is 23.2 Å². The van der Waals surface area contributed by atoms with Gasteiger partial charge < -0.3 is 10.2 Å². The van der Waals surface area contributed by atoms with Crippen LogP contribution in [-0.2, 0) is 0 Å². The molecule has 1 saturated carbocycles. The lowest BCUT2D eigenvalue weighted by Gasteiger charge is -2.37. The van der Waals surface area contributed by atoms with Crippen LogP contribution < -0.4 is 5.32 Å². The number of nitrogens with zero attached hydrogens (tertiary/aromatic N) is 1. The van der Waals surface area contributed by atoms with Crippen LogP contribution >= 0.6 is 12.2 Å². The van der Waals surface area contributed by atoms with Gasteiger partial charge in [-0.15, -0.1) is 0 Å². The van der Waals surface area contributed by atoms with E-state index in [1.807, 2.05) is 11.8 Å². The first-order valence-electron chi connectivity index (χ1n) is 4.85. The topological polar surface area (TPSA) is 32.3 Å². The monoisotopic (exact) mass is 198 g/mol. The SMILES string of the molecule is CCN1C(=O)NC(=S)C2CCCC21. The molecule has 2 amide bonds. The Balaban J connectivity index is 2.21. The summed E-state index contributed by atoms with van der Waals surface area (Å²) < 4.78 is 0. The number of rotatable bonds is 1. The normalized spacial score (nSPS) is 33.2. The van der Waals surface area contributed by atoms with E-state index < -0.39 is 0 Å². The van der Waals surface area contributed by atoms with Gasteiger partial charge in [-0.3, -0.25) is 0 Å². The fraction of sp³-hybridized carbons (Fsp3) is 0.778. The van der Waals surface area contributed by atoms with Crippen molar-refractivity contribution in [2.45, 2.75) is 32.2 Å². The molecule has 0 radical (unpaired) electrons. The number of hydrogen-bond acceptors (Lipinski definition) is 2. The van der Waals surface area contributed by atoms with Crippen LogP contribution in [0.15, 0.2) is 0 Å². The lowest BCUT2D eigenvalue weighted by molar-refractivity contribution is 0.167. The number of urea groups is 1. The molecule has 0 spiro atoms. The Labute approximate surface area is 83.5 Å². The van der Waals surface area contributed by atoms with Crippen LogP contribution in [0.3, 0.4) is 0 Å². The summed E-state index contributed by atoms with van der Waals surface area (Å²) in [5.41, 5.74) is 0. The first-order valence-corrected chi connectivity index (χ1v) is 5.26. The second kappa shape index (κ2) is 3.25. The van der Waals surface area contributed by atoms with Gasteiger partial charge in [0.05, 0.1) is 4.99 Å². The van der Waals surface area contributed by atoms with E-state index in [4.69, 9.17) is 12.2 Å². The van der Waals surface area contributed by atoms with Gasteiger partial charge in [-0.25, -0.2) is 4.79 Å². The minimum absolute atomic E-state index is 0.00403. The van der Waals surface area contributed by atoms with E-state index in [1.54, 1.807) is 0 Å². The van der Waals surface area contributed by atoms with E-state index >= 15 is 0 Å². The third-order valence-electron chi connectivity index (χ3n) is 3.05.